The lowest BCUT2D eigenvalue weighted by Gasteiger charge is -2.28. The van der Waals surface area contributed by atoms with E-state index >= 15 is 0 Å². The van der Waals surface area contributed by atoms with Crippen LogP contribution >= 0.6 is 11.8 Å². The number of ketones is 1. The third-order valence-corrected chi connectivity index (χ3v) is 5.81. The molecule has 1 aliphatic rings. The zero-order valence-corrected chi connectivity index (χ0v) is 18.7. The SMILES string of the molecule is CC(=O)c1cccc(NC(=O)C(C)Sc2nnc(N3CCOCC3)n2CC(C)C)c1. The Morgan fingerprint density at radius 3 is 2.60 bits per heavy atom. The molecule has 162 valence electrons. The van der Waals surface area contributed by atoms with Gasteiger partial charge >= 0.3 is 0 Å². The smallest absolute Gasteiger partial charge is 0.237 e. The number of hydrogen-bond acceptors (Lipinski definition) is 7. The Balaban J connectivity index is 1.72. The minimum Gasteiger partial charge on any atom is -0.378 e. The molecule has 8 nitrogen and oxygen atoms in total. The fourth-order valence-corrected chi connectivity index (χ4v) is 4.02. The Labute approximate surface area is 181 Å². The molecule has 1 N–H and O–H groups in total. The second-order valence-electron chi connectivity index (χ2n) is 7.77. The van der Waals surface area contributed by atoms with Crippen LogP contribution in [-0.4, -0.2) is 58.0 Å². The van der Waals surface area contributed by atoms with Crippen molar-refractivity contribution in [1.29, 1.82) is 0 Å². The summed E-state index contributed by atoms with van der Waals surface area (Å²) in [4.78, 5) is 26.5. The van der Waals surface area contributed by atoms with Gasteiger partial charge in [0.25, 0.3) is 0 Å². The van der Waals surface area contributed by atoms with Gasteiger partial charge in [0.2, 0.25) is 11.9 Å². The second-order valence-corrected chi connectivity index (χ2v) is 9.08. The molecule has 9 heteroatoms. The van der Waals surface area contributed by atoms with Crippen LogP contribution in [0, 0.1) is 5.92 Å². The van der Waals surface area contributed by atoms with Gasteiger partial charge in [-0.2, -0.15) is 0 Å². The van der Waals surface area contributed by atoms with Crippen LogP contribution in [0.2, 0.25) is 0 Å². The molecule has 0 spiro atoms. The predicted octanol–water partition coefficient (Wildman–Crippen LogP) is 3.09. The number of hydrogen-bond donors (Lipinski definition) is 1. The van der Waals surface area contributed by atoms with Gasteiger partial charge in [0.15, 0.2) is 10.9 Å². The number of carbonyl (C=O) groups excluding carboxylic acids is 2. The minimum absolute atomic E-state index is 0.0362. The summed E-state index contributed by atoms with van der Waals surface area (Å²) in [7, 11) is 0. The second kappa shape index (κ2) is 10.1. The van der Waals surface area contributed by atoms with Crippen molar-refractivity contribution in [2.45, 2.75) is 44.6 Å². The molecule has 0 radical (unpaired) electrons. The van der Waals surface area contributed by atoms with E-state index in [2.05, 4.69) is 38.8 Å². The third-order valence-electron chi connectivity index (χ3n) is 4.73. The van der Waals surface area contributed by atoms with Crippen LogP contribution in [0.3, 0.4) is 0 Å². The maximum atomic E-state index is 12.7. The van der Waals surface area contributed by atoms with E-state index in [4.69, 9.17) is 4.74 Å². The molecule has 1 unspecified atom stereocenters. The van der Waals surface area contributed by atoms with Crippen LogP contribution in [0.1, 0.15) is 38.1 Å². The summed E-state index contributed by atoms with van der Waals surface area (Å²) >= 11 is 1.39. The zero-order chi connectivity index (χ0) is 21.7. The van der Waals surface area contributed by atoms with Gasteiger partial charge in [-0.1, -0.05) is 37.7 Å². The Morgan fingerprint density at radius 1 is 1.20 bits per heavy atom. The highest BCUT2D eigenvalue weighted by Crippen LogP contribution is 2.28. The molecule has 1 fully saturated rings. The van der Waals surface area contributed by atoms with E-state index in [0.717, 1.165) is 30.7 Å². The normalized spacial score (nSPS) is 15.3. The fourth-order valence-electron chi connectivity index (χ4n) is 3.16. The van der Waals surface area contributed by atoms with Gasteiger partial charge in [0, 0.05) is 30.9 Å². The van der Waals surface area contributed by atoms with Crippen molar-refractivity contribution in [3.05, 3.63) is 29.8 Å². The lowest BCUT2D eigenvalue weighted by molar-refractivity contribution is -0.115. The molecule has 1 aliphatic heterocycles. The fraction of sp³-hybridized carbons (Fsp3) is 0.524. The standard InChI is InChI=1S/C21H29N5O3S/c1-14(2)13-26-20(25-8-10-29-11-9-25)23-24-21(26)30-16(4)19(28)22-18-7-5-6-17(12-18)15(3)27/h5-7,12,14,16H,8-11,13H2,1-4H3,(H,22,28). The number of rotatable bonds is 8. The molecular weight excluding hydrogens is 402 g/mol. The van der Waals surface area contributed by atoms with Crippen LogP contribution in [0.4, 0.5) is 11.6 Å². The van der Waals surface area contributed by atoms with Crippen LogP contribution < -0.4 is 10.2 Å². The summed E-state index contributed by atoms with van der Waals surface area (Å²) in [6, 6.07) is 6.96. The number of ether oxygens (including phenoxy) is 1. The first-order chi connectivity index (χ1) is 14.3. The molecule has 1 aromatic carbocycles. The number of nitrogens with zero attached hydrogens (tertiary/aromatic N) is 4. The zero-order valence-electron chi connectivity index (χ0n) is 17.9. The maximum absolute atomic E-state index is 12.7. The molecule has 1 amide bonds. The van der Waals surface area contributed by atoms with Gasteiger partial charge < -0.3 is 15.0 Å². The highest BCUT2D eigenvalue weighted by atomic mass is 32.2. The van der Waals surface area contributed by atoms with Gasteiger partial charge in [0.1, 0.15) is 0 Å². The monoisotopic (exact) mass is 431 g/mol. The number of anilines is 2. The Bertz CT molecular complexity index is 893. The van der Waals surface area contributed by atoms with Crippen molar-refractivity contribution in [3.63, 3.8) is 0 Å². The van der Waals surface area contributed by atoms with Crippen LogP contribution in [-0.2, 0) is 16.1 Å². The molecule has 3 rings (SSSR count). The topological polar surface area (TPSA) is 89.3 Å². The molecular formula is C21H29N5O3S. The highest BCUT2D eigenvalue weighted by Gasteiger charge is 2.24. The predicted molar refractivity (Wildman–Crippen MR) is 118 cm³/mol. The minimum atomic E-state index is -0.376. The van der Waals surface area contributed by atoms with E-state index in [9.17, 15) is 9.59 Å². The summed E-state index contributed by atoms with van der Waals surface area (Å²) in [5.74, 6) is 1.06. The largest absolute Gasteiger partial charge is 0.378 e. The molecule has 0 bridgehead atoms. The van der Waals surface area contributed by atoms with Crippen LogP contribution in [0.25, 0.3) is 0 Å². The highest BCUT2D eigenvalue weighted by molar-refractivity contribution is 8.00. The summed E-state index contributed by atoms with van der Waals surface area (Å²) in [5, 5.41) is 12.0. The van der Waals surface area contributed by atoms with Crippen LogP contribution in [0.5, 0.6) is 0 Å². The van der Waals surface area contributed by atoms with E-state index in [1.54, 1.807) is 24.3 Å². The van der Waals surface area contributed by atoms with Gasteiger partial charge in [-0.05, 0) is 31.9 Å². The van der Waals surface area contributed by atoms with Crippen molar-refractivity contribution < 1.29 is 14.3 Å². The molecule has 2 heterocycles. The molecule has 1 atom stereocenters. The van der Waals surface area contributed by atoms with Crippen LogP contribution in [0.15, 0.2) is 29.4 Å². The summed E-state index contributed by atoms with van der Waals surface area (Å²) in [6.07, 6.45) is 0. The van der Waals surface area contributed by atoms with Crippen molar-refractivity contribution >= 4 is 35.1 Å². The van der Waals surface area contributed by atoms with Crippen molar-refractivity contribution in [2.24, 2.45) is 5.92 Å². The first-order valence-corrected chi connectivity index (χ1v) is 11.1. The van der Waals surface area contributed by atoms with E-state index in [1.165, 1.54) is 18.7 Å². The summed E-state index contributed by atoms with van der Waals surface area (Å²) in [5.41, 5.74) is 1.18. The number of carbonyl (C=O) groups is 2. The Hall–Kier alpha value is -2.39. The number of thioether (sulfide) groups is 1. The quantitative estimate of drug-likeness (QED) is 0.507. The van der Waals surface area contributed by atoms with E-state index in [1.807, 2.05) is 6.92 Å². The molecule has 1 aromatic heterocycles. The van der Waals surface area contributed by atoms with Gasteiger partial charge in [-0.25, -0.2) is 0 Å². The van der Waals surface area contributed by atoms with E-state index in [0.29, 0.717) is 30.4 Å². The molecule has 2 aromatic rings. The number of amides is 1. The Kier molecular flexibility index (Phi) is 7.49. The molecule has 0 aliphatic carbocycles. The van der Waals surface area contributed by atoms with Gasteiger partial charge in [-0.15, -0.1) is 10.2 Å². The average Bonchev–Trinajstić information content (AvgIpc) is 3.10. The summed E-state index contributed by atoms with van der Waals surface area (Å²) in [6.45, 7) is 11.3. The number of nitrogens with one attached hydrogen (secondary N) is 1. The number of morpholine rings is 1. The van der Waals surface area contributed by atoms with E-state index < -0.39 is 0 Å². The van der Waals surface area contributed by atoms with Crippen molar-refractivity contribution in [3.8, 4) is 0 Å². The maximum Gasteiger partial charge on any atom is 0.237 e. The lowest BCUT2D eigenvalue weighted by Crippen LogP contribution is -2.38. The van der Waals surface area contributed by atoms with E-state index in [-0.39, 0.29) is 16.9 Å². The Morgan fingerprint density at radius 2 is 1.93 bits per heavy atom. The number of Topliss-reactive ketones (excluding diaryl/α,β-unsaturated/α-hetero) is 1. The number of benzene rings is 1. The van der Waals surface area contributed by atoms with Gasteiger partial charge in [-0.3, -0.25) is 14.2 Å². The average molecular weight is 432 g/mol. The lowest BCUT2D eigenvalue weighted by atomic mass is 10.1. The third kappa shape index (κ3) is 5.60. The molecule has 1 saturated heterocycles. The molecule has 30 heavy (non-hydrogen) atoms. The first-order valence-electron chi connectivity index (χ1n) is 10.2. The summed E-state index contributed by atoms with van der Waals surface area (Å²) < 4.78 is 7.54. The van der Waals surface area contributed by atoms with Gasteiger partial charge in [0.05, 0.1) is 18.5 Å². The molecule has 0 saturated carbocycles. The number of aromatic nitrogens is 3. The first kappa shape index (κ1) is 22.3. The van der Waals surface area contributed by atoms with Crippen molar-refractivity contribution in [2.75, 3.05) is 36.5 Å². The van der Waals surface area contributed by atoms with Crippen molar-refractivity contribution in [1.82, 2.24) is 14.8 Å².